The Morgan fingerprint density at radius 1 is 1.10 bits per heavy atom. The molecule has 21 heavy (non-hydrogen) atoms. The molecule has 1 amide bonds. The summed E-state index contributed by atoms with van der Waals surface area (Å²) in [6.07, 6.45) is 0.774. The van der Waals surface area contributed by atoms with E-state index in [1.54, 1.807) is 0 Å². The third kappa shape index (κ3) is 4.08. The lowest BCUT2D eigenvalue weighted by atomic mass is 9.99. The van der Waals surface area contributed by atoms with Gasteiger partial charge < -0.3 is 5.32 Å². The highest BCUT2D eigenvalue weighted by molar-refractivity contribution is 6.30. The molecule has 1 N–H and O–H groups in total. The van der Waals surface area contributed by atoms with Crippen LogP contribution in [0.25, 0.3) is 0 Å². The lowest BCUT2D eigenvalue weighted by molar-refractivity contribution is 0.0953. The fourth-order valence-corrected chi connectivity index (χ4v) is 2.85. The van der Waals surface area contributed by atoms with Crippen LogP contribution in [0.5, 0.6) is 0 Å². The van der Waals surface area contributed by atoms with E-state index in [0.29, 0.717) is 6.54 Å². The van der Waals surface area contributed by atoms with Crippen LogP contribution in [-0.2, 0) is 6.42 Å². The molecule has 0 heterocycles. The molecular formula is C18H20ClNO. The van der Waals surface area contributed by atoms with Crippen molar-refractivity contribution in [1.29, 1.82) is 0 Å². The van der Waals surface area contributed by atoms with E-state index < -0.39 is 0 Å². The van der Waals surface area contributed by atoms with Crippen LogP contribution < -0.4 is 5.32 Å². The molecule has 3 heteroatoms. The van der Waals surface area contributed by atoms with E-state index in [1.165, 1.54) is 5.56 Å². The maximum absolute atomic E-state index is 12.3. The number of hydrogen-bond acceptors (Lipinski definition) is 1. The summed E-state index contributed by atoms with van der Waals surface area (Å²) in [6, 6.07) is 11.8. The number of hydrogen-bond donors (Lipinski definition) is 1. The van der Waals surface area contributed by atoms with Crippen LogP contribution in [0, 0.1) is 20.8 Å². The van der Waals surface area contributed by atoms with Gasteiger partial charge in [0.2, 0.25) is 0 Å². The summed E-state index contributed by atoms with van der Waals surface area (Å²) < 4.78 is 0. The summed E-state index contributed by atoms with van der Waals surface area (Å²) in [5, 5.41) is 3.71. The van der Waals surface area contributed by atoms with E-state index in [-0.39, 0.29) is 5.91 Å². The van der Waals surface area contributed by atoms with Gasteiger partial charge in [0.25, 0.3) is 5.91 Å². The molecule has 0 atom stereocenters. The minimum Gasteiger partial charge on any atom is -0.352 e. The summed E-state index contributed by atoms with van der Waals surface area (Å²) in [4.78, 5) is 12.3. The van der Waals surface area contributed by atoms with Gasteiger partial charge in [-0.3, -0.25) is 4.79 Å². The van der Waals surface area contributed by atoms with Crippen molar-refractivity contribution in [2.45, 2.75) is 27.2 Å². The first-order valence-electron chi connectivity index (χ1n) is 7.08. The largest absolute Gasteiger partial charge is 0.352 e. The molecule has 0 aliphatic carbocycles. The monoisotopic (exact) mass is 301 g/mol. The maximum atomic E-state index is 12.3. The molecule has 0 aliphatic heterocycles. The van der Waals surface area contributed by atoms with E-state index in [4.69, 9.17) is 11.6 Å². The Balaban J connectivity index is 1.99. The molecule has 0 aliphatic rings. The zero-order chi connectivity index (χ0) is 15.4. The molecule has 110 valence electrons. The maximum Gasteiger partial charge on any atom is 0.251 e. The molecule has 0 saturated heterocycles. The van der Waals surface area contributed by atoms with Gasteiger partial charge in [0, 0.05) is 17.1 Å². The first-order valence-corrected chi connectivity index (χ1v) is 7.45. The average molecular weight is 302 g/mol. The van der Waals surface area contributed by atoms with Crippen molar-refractivity contribution in [3.05, 3.63) is 69.2 Å². The van der Waals surface area contributed by atoms with Crippen molar-refractivity contribution in [3.63, 3.8) is 0 Å². The quantitative estimate of drug-likeness (QED) is 0.899. The minimum atomic E-state index is -0.00738. The van der Waals surface area contributed by atoms with Crippen molar-refractivity contribution in [3.8, 4) is 0 Å². The normalized spacial score (nSPS) is 10.5. The lowest BCUT2D eigenvalue weighted by Gasteiger charge is -2.12. The highest BCUT2D eigenvalue weighted by atomic mass is 35.5. The second kappa shape index (κ2) is 6.77. The minimum absolute atomic E-state index is 0.00738. The molecule has 0 saturated carbocycles. The summed E-state index contributed by atoms with van der Waals surface area (Å²) in [6.45, 7) is 6.60. The van der Waals surface area contributed by atoms with Crippen LogP contribution >= 0.6 is 11.6 Å². The molecule has 2 rings (SSSR count). The van der Waals surface area contributed by atoms with Crippen LogP contribution in [0.1, 0.15) is 32.6 Å². The Morgan fingerprint density at radius 2 is 1.76 bits per heavy atom. The highest BCUT2D eigenvalue weighted by Crippen LogP contribution is 2.16. The van der Waals surface area contributed by atoms with Gasteiger partial charge in [-0.2, -0.15) is 0 Å². The molecule has 0 bridgehead atoms. The van der Waals surface area contributed by atoms with Crippen LogP contribution in [0.3, 0.4) is 0 Å². The van der Waals surface area contributed by atoms with Gasteiger partial charge in [-0.05, 0) is 56.0 Å². The molecule has 0 fully saturated rings. The van der Waals surface area contributed by atoms with Crippen molar-refractivity contribution >= 4 is 17.5 Å². The van der Waals surface area contributed by atoms with Gasteiger partial charge in [-0.15, -0.1) is 0 Å². The van der Waals surface area contributed by atoms with E-state index in [2.05, 4.69) is 5.32 Å². The summed E-state index contributed by atoms with van der Waals surface area (Å²) in [5.41, 5.74) is 5.13. The van der Waals surface area contributed by atoms with Gasteiger partial charge in [-0.25, -0.2) is 0 Å². The van der Waals surface area contributed by atoms with E-state index in [0.717, 1.165) is 33.7 Å². The Morgan fingerprint density at radius 3 is 2.38 bits per heavy atom. The smallest absolute Gasteiger partial charge is 0.251 e. The van der Waals surface area contributed by atoms with Crippen molar-refractivity contribution in [2.24, 2.45) is 0 Å². The molecular weight excluding hydrogens is 282 g/mol. The first-order chi connectivity index (χ1) is 9.97. The van der Waals surface area contributed by atoms with Crippen LogP contribution in [0.4, 0.5) is 0 Å². The van der Waals surface area contributed by atoms with Crippen molar-refractivity contribution in [2.75, 3.05) is 6.54 Å². The van der Waals surface area contributed by atoms with Crippen LogP contribution in [0.2, 0.25) is 5.02 Å². The SMILES string of the molecule is Cc1cc(C)c(C(=O)NCCc2cccc(Cl)c2)c(C)c1. The lowest BCUT2D eigenvalue weighted by Crippen LogP contribution is -2.27. The van der Waals surface area contributed by atoms with Gasteiger partial charge >= 0.3 is 0 Å². The Hall–Kier alpha value is -1.80. The van der Waals surface area contributed by atoms with Gasteiger partial charge in [0.1, 0.15) is 0 Å². The predicted octanol–water partition coefficient (Wildman–Crippen LogP) is 4.24. The van der Waals surface area contributed by atoms with Crippen molar-refractivity contribution < 1.29 is 4.79 Å². The van der Waals surface area contributed by atoms with Gasteiger partial charge in [0.15, 0.2) is 0 Å². The molecule has 2 nitrogen and oxygen atoms in total. The van der Waals surface area contributed by atoms with Gasteiger partial charge in [0.05, 0.1) is 0 Å². The molecule has 2 aromatic carbocycles. The second-order valence-corrected chi connectivity index (χ2v) is 5.85. The Labute approximate surface area is 131 Å². The summed E-state index contributed by atoms with van der Waals surface area (Å²) >= 11 is 5.95. The summed E-state index contributed by atoms with van der Waals surface area (Å²) in [7, 11) is 0. The number of rotatable bonds is 4. The zero-order valence-corrected chi connectivity index (χ0v) is 13.4. The van der Waals surface area contributed by atoms with E-state index in [1.807, 2.05) is 57.2 Å². The first kappa shape index (κ1) is 15.6. The Kier molecular flexibility index (Phi) is 5.03. The fourth-order valence-electron chi connectivity index (χ4n) is 2.64. The Bertz CT molecular complexity index is 641. The van der Waals surface area contributed by atoms with E-state index >= 15 is 0 Å². The number of amides is 1. The highest BCUT2D eigenvalue weighted by Gasteiger charge is 2.12. The van der Waals surface area contributed by atoms with Crippen molar-refractivity contribution in [1.82, 2.24) is 5.32 Å². The standard InChI is InChI=1S/C18H20ClNO/c1-12-9-13(2)17(14(3)10-12)18(21)20-8-7-15-5-4-6-16(19)11-15/h4-6,9-11H,7-8H2,1-3H3,(H,20,21). The number of nitrogens with one attached hydrogen (secondary N) is 1. The van der Waals surface area contributed by atoms with Gasteiger partial charge in [-0.1, -0.05) is 41.4 Å². The third-order valence-corrected chi connectivity index (χ3v) is 3.73. The van der Waals surface area contributed by atoms with Crippen LogP contribution in [-0.4, -0.2) is 12.5 Å². The number of carbonyl (C=O) groups excluding carboxylic acids is 1. The molecule has 0 unspecified atom stereocenters. The topological polar surface area (TPSA) is 29.1 Å². The third-order valence-electron chi connectivity index (χ3n) is 3.49. The van der Waals surface area contributed by atoms with Crippen LogP contribution in [0.15, 0.2) is 36.4 Å². The second-order valence-electron chi connectivity index (χ2n) is 5.41. The number of benzene rings is 2. The van der Waals surface area contributed by atoms with E-state index in [9.17, 15) is 4.79 Å². The molecule has 0 spiro atoms. The number of carbonyl (C=O) groups is 1. The number of aryl methyl sites for hydroxylation is 3. The number of halogens is 1. The molecule has 0 radical (unpaired) electrons. The molecule has 2 aromatic rings. The average Bonchev–Trinajstić information content (AvgIpc) is 2.37. The fraction of sp³-hybridized carbons (Fsp3) is 0.278. The zero-order valence-electron chi connectivity index (χ0n) is 12.7. The predicted molar refractivity (Wildman–Crippen MR) is 88.1 cm³/mol. The molecule has 0 aromatic heterocycles. The summed E-state index contributed by atoms with van der Waals surface area (Å²) in [5.74, 6) is -0.00738.